The molecule has 1 fully saturated rings. The van der Waals surface area contributed by atoms with E-state index in [2.05, 4.69) is 20.3 Å². The molecule has 0 amide bonds. The lowest BCUT2D eigenvalue weighted by Gasteiger charge is -2.16. The number of aryl methyl sites for hydroxylation is 1. The summed E-state index contributed by atoms with van der Waals surface area (Å²) in [7, 11) is 3.60. The van der Waals surface area contributed by atoms with Crippen molar-refractivity contribution in [3.05, 3.63) is 59.9 Å². The van der Waals surface area contributed by atoms with Gasteiger partial charge in [-0.1, -0.05) is 5.21 Å². The van der Waals surface area contributed by atoms with Gasteiger partial charge in [-0.05, 0) is 30.3 Å². The van der Waals surface area contributed by atoms with Crippen LogP contribution in [-0.4, -0.2) is 56.0 Å². The summed E-state index contributed by atoms with van der Waals surface area (Å²) in [5.41, 5.74) is 2.85. The van der Waals surface area contributed by atoms with E-state index < -0.39 is 0 Å². The minimum Gasteiger partial charge on any atom is -0.379 e. The van der Waals surface area contributed by atoms with E-state index in [1.54, 1.807) is 30.1 Å². The quantitative estimate of drug-likeness (QED) is 0.697. The highest BCUT2D eigenvalue weighted by Gasteiger charge is 2.36. The predicted molar refractivity (Wildman–Crippen MR) is 93.3 cm³/mol. The molecule has 2 aromatic heterocycles. The summed E-state index contributed by atoms with van der Waals surface area (Å²) in [6.07, 6.45) is 3.79. The van der Waals surface area contributed by atoms with E-state index in [4.69, 9.17) is 4.74 Å². The maximum absolute atomic E-state index is 13.2. The molecule has 0 N–H and O–H groups in total. The Balaban J connectivity index is 1.52. The fourth-order valence-corrected chi connectivity index (χ4v) is 3.53. The number of methoxy groups -OCH3 is 1. The van der Waals surface area contributed by atoms with Gasteiger partial charge in [0.2, 0.25) is 0 Å². The van der Waals surface area contributed by atoms with E-state index >= 15 is 0 Å². The largest absolute Gasteiger partial charge is 0.379 e. The molecule has 3 aromatic rings. The molecule has 0 spiro atoms. The molecule has 1 aromatic carbocycles. The Kier molecular flexibility index (Phi) is 4.52. The Hall–Kier alpha value is -2.58. The zero-order valence-corrected chi connectivity index (χ0v) is 14.8. The van der Waals surface area contributed by atoms with Crippen LogP contribution < -0.4 is 0 Å². The molecule has 136 valence electrons. The third-order valence-corrected chi connectivity index (χ3v) is 4.82. The van der Waals surface area contributed by atoms with Crippen molar-refractivity contribution in [3.63, 3.8) is 0 Å². The molecule has 0 aliphatic carbocycles. The van der Waals surface area contributed by atoms with Crippen molar-refractivity contribution in [1.82, 2.24) is 29.7 Å². The lowest BCUT2D eigenvalue weighted by Crippen LogP contribution is -2.23. The molecular weight excluding hydrogens is 335 g/mol. The molecule has 7 nitrogen and oxygen atoms in total. The summed E-state index contributed by atoms with van der Waals surface area (Å²) in [6, 6.07) is 8.34. The minimum absolute atomic E-state index is 0.0777. The Morgan fingerprint density at radius 3 is 2.69 bits per heavy atom. The van der Waals surface area contributed by atoms with Gasteiger partial charge in [0.1, 0.15) is 5.82 Å². The number of halogens is 1. The molecule has 0 unspecified atom stereocenters. The summed E-state index contributed by atoms with van der Waals surface area (Å²) in [6.45, 7) is 2.38. The van der Waals surface area contributed by atoms with Gasteiger partial charge in [0.05, 0.1) is 23.2 Å². The number of hydrogen-bond acceptors (Lipinski definition) is 5. The number of aromatic nitrogens is 5. The van der Waals surface area contributed by atoms with Crippen molar-refractivity contribution in [2.45, 2.75) is 18.6 Å². The Labute approximate surface area is 151 Å². The van der Waals surface area contributed by atoms with Gasteiger partial charge < -0.3 is 4.74 Å². The lowest BCUT2D eigenvalue weighted by molar-refractivity contribution is 0.0955. The van der Waals surface area contributed by atoms with Crippen molar-refractivity contribution in [2.24, 2.45) is 7.05 Å². The topological polar surface area (TPSA) is 61.0 Å². The summed E-state index contributed by atoms with van der Waals surface area (Å²) in [5.74, 6) is -0.0624. The fraction of sp³-hybridized carbons (Fsp3) is 0.389. The summed E-state index contributed by atoms with van der Waals surface area (Å²) in [5, 5.41) is 12.7. The standard InChI is InChI=1S/C18H21FN6O/c1-23-11-17(21-22-23)16-10-24(12-18(16)26-2)9-15-7-8-20-25(15)14-5-3-13(19)4-6-14/h3-8,11,16,18H,9-10,12H2,1-2H3/t16-,18+/m0/s1. The molecule has 4 rings (SSSR count). The van der Waals surface area contributed by atoms with Crippen molar-refractivity contribution < 1.29 is 9.13 Å². The number of ether oxygens (including phenoxy) is 1. The van der Waals surface area contributed by atoms with Gasteiger partial charge in [0.15, 0.2) is 0 Å². The van der Waals surface area contributed by atoms with E-state index in [0.717, 1.165) is 36.7 Å². The second-order valence-electron chi connectivity index (χ2n) is 6.60. The van der Waals surface area contributed by atoms with Crippen LogP contribution in [0.15, 0.2) is 42.7 Å². The molecule has 0 radical (unpaired) electrons. The molecule has 2 atom stereocenters. The third-order valence-electron chi connectivity index (χ3n) is 4.82. The molecular formula is C18H21FN6O. The average Bonchev–Trinajstić information content (AvgIpc) is 3.35. The van der Waals surface area contributed by atoms with Crippen LogP contribution in [0.25, 0.3) is 5.69 Å². The number of likely N-dealkylation sites (tertiary alicyclic amines) is 1. The van der Waals surface area contributed by atoms with Gasteiger partial charge in [-0.3, -0.25) is 9.58 Å². The van der Waals surface area contributed by atoms with Crippen LogP contribution in [0.1, 0.15) is 17.3 Å². The fourth-order valence-electron chi connectivity index (χ4n) is 3.53. The van der Waals surface area contributed by atoms with E-state index in [1.165, 1.54) is 12.1 Å². The Bertz CT molecular complexity index is 874. The molecule has 1 aliphatic heterocycles. The number of nitrogens with zero attached hydrogens (tertiary/aromatic N) is 6. The summed E-state index contributed by atoms with van der Waals surface area (Å²) in [4.78, 5) is 2.32. The second kappa shape index (κ2) is 6.97. The highest BCUT2D eigenvalue weighted by Crippen LogP contribution is 2.29. The van der Waals surface area contributed by atoms with Crippen LogP contribution in [0.2, 0.25) is 0 Å². The highest BCUT2D eigenvalue weighted by molar-refractivity contribution is 5.32. The van der Waals surface area contributed by atoms with Crippen LogP contribution in [0.3, 0.4) is 0 Å². The van der Waals surface area contributed by atoms with Crippen molar-refractivity contribution in [2.75, 3.05) is 20.2 Å². The smallest absolute Gasteiger partial charge is 0.123 e. The van der Waals surface area contributed by atoms with Gasteiger partial charge in [0, 0.05) is 52.1 Å². The highest BCUT2D eigenvalue weighted by atomic mass is 19.1. The normalized spacial score (nSPS) is 20.7. The first-order chi connectivity index (χ1) is 12.6. The van der Waals surface area contributed by atoms with Crippen LogP contribution in [0.5, 0.6) is 0 Å². The Morgan fingerprint density at radius 2 is 2.00 bits per heavy atom. The molecule has 8 heteroatoms. The monoisotopic (exact) mass is 356 g/mol. The summed E-state index contributed by atoms with van der Waals surface area (Å²) < 4.78 is 22.4. The van der Waals surface area contributed by atoms with Crippen LogP contribution >= 0.6 is 0 Å². The van der Waals surface area contributed by atoms with Gasteiger partial charge in [-0.15, -0.1) is 5.10 Å². The minimum atomic E-state index is -0.253. The first kappa shape index (κ1) is 16.9. The molecule has 0 saturated carbocycles. The first-order valence-electron chi connectivity index (χ1n) is 8.54. The molecule has 1 saturated heterocycles. The van der Waals surface area contributed by atoms with E-state index in [0.29, 0.717) is 0 Å². The molecule has 26 heavy (non-hydrogen) atoms. The number of hydrogen-bond donors (Lipinski definition) is 0. The van der Waals surface area contributed by atoms with Gasteiger partial charge >= 0.3 is 0 Å². The van der Waals surface area contributed by atoms with Gasteiger partial charge in [-0.25, -0.2) is 9.07 Å². The van der Waals surface area contributed by atoms with E-state index in [-0.39, 0.29) is 17.8 Å². The maximum Gasteiger partial charge on any atom is 0.123 e. The lowest BCUT2D eigenvalue weighted by atomic mass is 10.0. The van der Waals surface area contributed by atoms with Gasteiger partial charge in [0.25, 0.3) is 0 Å². The Morgan fingerprint density at radius 1 is 1.19 bits per heavy atom. The molecule has 1 aliphatic rings. The number of rotatable bonds is 5. The molecule has 0 bridgehead atoms. The average molecular weight is 356 g/mol. The zero-order valence-electron chi connectivity index (χ0n) is 14.8. The van der Waals surface area contributed by atoms with Crippen molar-refractivity contribution in [3.8, 4) is 5.69 Å². The number of benzene rings is 1. The molecule has 3 heterocycles. The zero-order chi connectivity index (χ0) is 18.1. The van der Waals surface area contributed by atoms with E-state index in [1.807, 2.05) is 24.0 Å². The maximum atomic E-state index is 13.2. The van der Waals surface area contributed by atoms with Crippen LogP contribution in [0.4, 0.5) is 4.39 Å². The van der Waals surface area contributed by atoms with Gasteiger partial charge in [-0.2, -0.15) is 5.10 Å². The van der Waals surface area contributed by atoms with E-state index in [9.17, 15) is 4.39 Å². The van der Waals surface area contributed by atoms with Crippen LogP contribution in [0, 0.1) is 5.82 Å². The SMILES string of the molecule is CO[C@@H]1CN(Cc2ccnn2-c2ccc(F)cc2)C[C@H]1c1cn(C)nn1. The summed E-state index contributed by atoms with van der Waals surface area (Å²) >= 11 is 0. The first-order valence-corrected chi connectivity index (χ1v) is 8.54. The second-order valence-corrected chi connectivity index (χ2v) is 6.60. The van der Waals surface area contributed by atoms with Crippen molar-refractivity contribution >= 4 is 0 Å². The predicted octanol–water partition coefficient (Wildman–Crippen LogP) is 1.75. The van der Waals surface area contributed by atoms with Crippen LogP contribution in [-0.2, 0) is 18.3 Å². The third kappa shape index (κ3) is 3.25. The van der Waals surface area contributed by atoms with Crippen molar-refractivity contribution in [1.29, 1.82) is 0 Å².